The van der Waals surface area contributed by atoms with Crippen LogP contribution in [0.15, 0.2) is 16.6 Å². The first kappa shape index (κ1) is 15.5. The van der Waals surface area contributed by atoms with Crippen LogP contribution in [-0.2, 0) is 5.60 Å². The SMILES string of the molecule is NC(=O)c1nc2n(c1C1(O)CNC1)C1CC(C1)c1cc(F)c(Br)cc1-2. The fourth-order valence-corrected chi connectivity index (χ4v) is 4.61. The molecular formula is C17H16BrFN4O2. The van der Waals surface area contributed by atoms with E-state index in [1.807, 2.05) is 4.57 Å². The van der Waals surface area contributed by atoms with Gasteiger partial charge in [0, 0.05) is 24.7 Å². The summed E-state index contributed by atoms with van der Waals surface area (Å²) in [5.74, 6) is -0.109. The van der Waals surface area contributed by atoms with Gasteiger partial charge in [-0.25, -0.2) is 9.37 Å². The molecule has 25 heavy (non-hydrogen) atoms. The molecule has 1 saturated heterocycles. The molecule has 6 nitrogen and oxygen atoms in total. The van der Waals surface area contributed by atoms with Crippen LogP contribution in [0.3, 0.4) is 0 Å². The van der Waals surface area contributed by atoms with Crippen molar-refractivity contribution >= 4 is 21.8 Å². The Balaban J connectivity index is 1.83. The van der Waals surface area contributed by atoms with Gasteiger partial charge >= 0.3 is 0 Å². The highest BCUT2D eigenvalue weighted by Gasteiger charge is 2.48. The summed E-state index contributed by atoms with van der Waals surface area (Å²) in [6, 6.07) is 3.39. The minimum absolute atomic E-state index is 0.107. The number of aromatic nitrogens is 2. The zero-order valence-corrected chi connectivity index (χ0v) is 14.8. The number of carbonyl (C=O) groups excluding carboxylic acids is 1. The van der Waals surface area contributed by atoms with Crippen molar-refractivity contribution in [2.45, 2.75) is 30.4 Å². The lowest BCUT2D eigenvalue weighted by Gasteiger charge is -2.42. The molecule has 0 radical (unpaired) electrons. The molecule has 130 valence electrons. The Bertz CT molecular complexity index is 931. The number of primary amides is 1. The van der Waals surface area contributed by atoms with E-state index >= 15 is 0 Å². The number of nitrogens with one attached hydrogen (secondary N) is 1. The van der Waals surface area contributed by atoms with Gasteiger partial charge in [0.05, 0.1) is 10.2 Å². The van der Waals surface area contributed by atoms with Crippen LogP contribution in [0.1, 0.15) is 46.5 Å². The first-order chi connectivity index (χ1) is 11.9. The van der Waals surface area contributed by atoms with Crippen molar-refractivity contribution in [3.05, 3.63) is 39.4 Å². The Morgan fingerprint density at radius 2 is 2.16 bits per heavy atom. The highest BCUT2D eigenvalue weighted by molar-refractivity contribution is 9.10. The molecule has 0 atom stereocenters. The van der Waals surface area contributed by atoms with Crippen LogP contribution in [0.25, 0.3) is 11.4 Å². The topological polar surface area (TPSA) is 93.2 Å². The van der Waals surface area contributed by atoms with E-state index in [0.29, 0.717) is 29.1 Å². The van der Waals surface area contributed by atoms with Gasteiger partial charge in [-0.15, -0.1) is 0 Å². The summed E-state index contributed by atoms with van der Waals surface area (Å²) in [4.78, 5) is 16.5. The molecule has 1 aromatic carbocycles. The number of hydrogen-bond donors (Lipinski definition) is 3. The Hall–Kier alpha value is -1.77. The third kappa shape index (κ3) is 1.95. The Kier molecular flexibility index (Phi) is 3.03. The number of nitrogens with zero attached hydrogens (tertiary/aromatic N) is 2. The molecule has 1 aliphatic carbocycles. The normalized spacial score (nSPS) is 25.2. The third-order valence-corrected chi connectivity index (χ3v) is 6.28. The van der Waals surface area contributed by atoms with E-state index in [4.69, 9.17) is 5.73 Å². The molecule has 4 heterocycles. The van der Waals surface area contributed by atoms with Crippen molar-refractivity contribution in [3.8, 4) is 11.4 Å². The van der Waals surface area contributed by atoms with E-state index in [0.717, 1.165) is 24.0 Å². The van der Waals surface area contributed by atoms with Gasteiger partial charge < -0.3 is 20.7 Å². The van der Waals surface area contributed by atoms with E-state index in [-0.39, 0.29) is 23.5 Å². The molecule has 8 heteroatoms. The zero-order valence-electron chi connectivity index (χ0n) is 13.2. The van der Waals surface area contributed by atoms with Crippen molar-refractivity contribution in [1.29, 1.82) is 0 Å². The lowest BCUT2D eigenvalue weighted by molar-refractivity contribution is -0.0246. The quantitative estimate of drug-likeness (QED) is 0.708. The molecule has 6 rings (SSSR count). The van der Waals surface area contributed by atoms with E-state index in [2.05, 4.69) is 26.2 Å². The number of carbonyl (C=O) groups is 1. The van der Waals surface area contributed by atoms with Gasteiger partial charge in [0.2, 0.25) is 0 Å². The molecule has 4 aliphatic rings. The maximum atomic E-state index is 14.1. The number of halogens is 2. The maximum Gasteiger partial charge on any atom is 0.269 e. The summed E-state index contributed by atoms with van der Waals surface area (Å²) >= 11 is 3.24. The minimum atomic E-state index is -1.15. The largest absolute Gasteiger partial charge is 0.381 e. The highest BCUT2D eigenvalue weighted by atomic mass is 79.9. The molecule has 1 aromatic heterocycles. The van der Waals surface area contributed by atoms with E-state index in [1.165, 1.54) is 0 Å². The summed E-state index contributed by atoms with van der Waals surface area (Å²) in [7, 11) is 0. The number of hydrogen-bond acceptors (Lipinski definition) is 4. The van der Waals surface area contributed by atoms with Crippen LogP contribution in [0.4, 0.5) is 4.39 Å². The molecule has 2 bridgehead atoms. The average Bonchev–Trinajstić information content (AvgIpc) is 2.77. The fraction of sp³-hybridized carbons (Fsp3) is 0.412. The Morgan fingerprint density at radius 1 is 1.44 bits per heavy atom. The van der Waals surface area contributed by atoms with Crippen molar-refractivity contribution in [2.24, 2.45) is 5.73 Å². The third-order valence-electron chi connectivity index (χ3n) is 5.67. The van der Waals surface area contributed by atoms with Crippen molar-refractivity contribution in [1.82, 2.24) is 14.9 Å². The standard InChI is InChI=1S/C17H16BrFN4O2/c18-11-3-10-9(4-12(11)19)7-1-8(2-7)23-14(17(25)5-21-6-17)13(15(20)24)22-16(10)23/h3-4,7-8,21,25H,1-2,5-6H2,(H2,20,24). The first-order valence-electron chi connectivity index (χ1n) is 8.24. The first-order valence-corrected chi connectivity index (χ1v) is 9.03. The fourth-order valence-electron chi connectivity index (χ4n) is 4.27. The zero-order chi connectivity index (χ0) is 17.5. The molecule has 1 saturated carbocycles. The van der Waals surface area contributed by atoms with Crippen LogP contribution in [0.2, 0.25) is 0 Å². The summed E-state index contributed by atoms with van der Waals surface area (Å²) in [5, 5.41) is 14.0. The number of imidazole rings is 1. The van der Waals surface area contributed by atoms with E-state index < -0.39 is 11.5 Å². The van der Waals surface area contributed by atoms with Gasteiger partial charge in [-0.3, -0.25) is 4.79 Å². The maximum absolute atomic E-state index is 14.1. The van der Waals surface area contributed by atoms with Crippen LogP contribution in [0.5, 0.6) is 0 Å². The van der Waals surface area contributed by atoms with E-state index in [1.54, 1.807) is 12.1 Å². The monoisotopic (exact) mass is 406 g/mol. The molecule has 2 aromatic rings. The van der Waals surface area contributed by atoms with Gasteiger partial charge in [-0.05, 0) is 52.4 Å². The van der Waals surface area contributed by atoms with Gasteiger partial charge in [-0.2, -0.15) is 0 Å². The predicted molar refractivity (Wildman–Crippen MR) is 91.6 cm³/mol. The van der Waals surface area contributed by atoms with Gasteiger partial charge in [-0.1, -0.05) is 0 Å². The number of benzene rings is 1. The molecular weight excluding hydrogens is 391 g/mol. The second kappa shape index (κ2) is 4.90. The number of amides is 1. The van der Waals surface area contributed by atoms with Gasteiger partial charge in [0.15, 0.2) is 5.69 Å². The lowest BCUT2D eigenvalue weighted by atomic mass is 9.75. The van der Waals surface area contributed by atoms with Crippen LogP contribution in [-0.4, -0.2) is 33.7 Å². The Labute approximate surface area is 151 Å². The summed E-state index contributed by atoms with van der Waals surface area (Å²) in [5.41, 5.74) is 6.70. The smallest absolute Gasteiger partial charge is 0.269 e. The van der Waals surface area contributed by atoms with E-state index in [9.17, 15) is 14.3 Å². The van der Waals surface area contributed by atoms with Crippen molar-refractivity contribution < 1.29 is 14.3 Å². The average molecular weight is 407 g/mol. The molecule has 2 fully saturated rings. The van der Waals surface area contributed by atoms with Crippen molar-refractivity contribution in [2.75, 3.05) is 13.1 Å². The molecule has 1 amide bonds. The number of rotatable bonds is 2. The van der Waals surface area contributed by atoms with Crippen LogP contribution in [0, 0.1) is 5.82 Å². The van der Waals surface area contributed by atoms with Crippen molar-refractivity contribution in [3.63, 3.8) is 0 Å². The summed E-state index contributed by atoms with van der Waals surface area (Å²) < 4.78 is 16.4. The number of β-amino-alcohol motifs (C(OH)–C–C–N with tert-alkyl or cyclic N) is 1. The van der Waals surface area contributed by atoms with Gasteiger partial charge in [0.25, 0.3) is 5.91 Å². The molecule has 0 spiro atoms. The lowest BCUT2D eigenvalue weighted by Crippen LogP contribution is -2.58. The molecule has 3 aliphatic heterocycles. The Morgan fingerprint density at radius 3 is 2.76 bits per heavy atom. The number of aliphatic hydroxyl groups is 1. The second-order valence-corrected chi connectivity index (χ2v) is 8.03. The van der Waals surface area contributed by atoms with Crippen LogP contribution >= 0.6 is 15.9 Å². The summed E-state index contributed by atoms with van der Waals surface area (Å²) in [6.45, 7) is 0.711. The van der Waals surface area contributed by atoms with Crippen LogP contribution < -0.4 is 11.1 Å². The minimum Gasteiger partial charge on any atom is -0.381 e. The molecule has 0 unspecified atom stereocenters. The second-order valence-electron chi connectivity index (χ2n) is 7.18. The summed E-state index contributed by atoms with van der Waals surface area (Å²) in [6.07, 6.45) is 1.68. The number of nitrogens with two attached hydrogens (primary N) is 1. The highest BCUT2D eigenvalue weighted by Crippen LogP contribution is 2.54. The van der Waals surface area contributed by atoms with Gasteiger partial charge in [0.1, 0.15) is 17.2 Å². The predicted octanol–water partition coefficient (Wildman–Crippen LogP) is 1.77. The molecule has 4 N–H and O–H groups in total.